The Kier molecular flexibility index (Phi) is 5.90. The number of amides is 1. The number of aromatic nitrogens is 1. The van der Waals surface area contributed by atoms with E-state index in [4.69, 9.17) is 18.9 Å². The van der Waals surface area contributed by atoms with Crippen LogP contribution in [-0.2, 0) is 4.74 Å². The summed E-state index contributed by atoms with van der Waals surface area (Å²) in [5.41, 5.74) is 1.02. The highest BCUT2D eigenvalue weighted by Crippen LogP contribution is 2.36. The minimum absolute atomic E-state index is 0.210. The number of rotatable bonds is 5. The topological polar surface area (TPSA) is 70.1 Å². The second kappa shape index (κ2) is 8.77. The molecule has 7 nitrogen and oxygen atoms in total. The minimum Gasteiger partial charge on any atom is -0.496 e. The largest absolute Gasteiger partial charge is 0.496 e. The van der Waals surface area contributed by atoms with Gasteiger partial charge in [-0.25, -0.2) is 4.39 Å². The number of carbonyl (C=O) groups excluding carboxylic acids is 1. The van der Waals surface area contributed by atoms with E-state index < -0.39 is 6.10 Å². The van der Waals surface area contributed by atoms with Crippen LogP contribution in [0.3, 0.4) is 0 Å². The molecule has 1 saturated heterocycles. The van der Waals surface area contributed by atoms with Gasteiger partial charge in [-0.1, -0.05) is 0 Å². The van der Waals surface area contributed by atoms with Gasteiger partial charge in [0, 0.05) is 30.3 Å². The maximum Gasteiger partial charge on any atom is 0.257 e. The first kappa shape index (κ1) is 20.9. The molecule has 4 rings (SSSR count). The minimum atomic E-state index is -0.420. The number of morpholine rings is 1. The molecule has 3 aromatic rings. The molecule has 2 heterocycles. The van der Waals surface area contributed by atoms with E-state index in [2.05, 4.69) is 4.98 Å². The first-order chi connectivity index (χ1) is 15.0. The van der Waals surface area contributed by atoms with Gasteiger partial charge in [-0.2, -0.15) is 0 Å². The summed E-state index contributed by atoms with van der Waals surface area (Å²) in [6, 6.07) is 9.58. The van der Waals surface area contributed by atoms with Crippen molar-refractivity contribution in [3.63, 3.8) is 0 Å². The van der Waals surface area contributed by atoms with Crippen molar-refractivity contribution in [1.82, 2.24) is 9.88 Å². The predicted molar refractivity (Wildman–Crippen MR) is 112 cm³/mol. The molecule has 0 saturated carbocycles. The summed E-state index contributed by atoms with van der Waals surface area (Å²) in [7, 11) is 4.53. The molecule has 1 fully saturated rings. The summed E-state index contributed by atoms with van der Waals surface area (Å²) in [5.74, 6) is 0.785. The average Bonchev–Trinajstić information content (AvgIpc) is 2.82. The van der Waals surface area contributed by atoms with Crippen LogP contribution in [0.4, 0.5) is 4.39 Å². The lowest BCUT2D eigenvalue weighted by Gasteiger charge is -2.33. The highest BCUT2D eigenvalue weighted by atomic mass is 19.1. The number of fused-ring (bicyclic) bond motifs is 1. The van der Waals surface area contributed by atoms with E-state index in [1.807, 2.05) is 0 Å². The molecule has 0 spiro atoms. The van der Waals surface area contributed by atoms with E-state index in [0.717, 1.165) is 10.8 Å². The van der Waals surface area contributed by atoms with Crippen molar-refractivity contribution >= 4 is 16.7 Å². The predicted octanol–water partition coefficient (Wildman–Crippen LogP) is 3.61. The third-order valence-electron chi connectivity index (χ3n) is 5.32. The molecule has 31 heavy (non-hydrogen) atoms. The zero-order valence-corrected chi connectivity index (χ0v) is 17.6. The molecule has 8 heteroatoms. The third-order valence-corrected chi connectivity index (χ3v) is 5.32. The molecule has 0 unspecified atom stereocenters. The number of carbonyl (C=O) groups is 1. The Hall–Kier alpha value is -3.39. The lowest BCUT2D eigenvalue weighted by atomic mass is 10.1. The highest BCUT2D eigenvalue weighted by Gasteiger charge is 2.29. The van der Waals surface area contributed by atoms with Crippen LogP contribution in [0.1, 0.15) is 22.2 Å². The van der Waals surface area contributed by atoms with Gasteiger partial charge in [0.25, 0.3) is 5.91 Å². The summed E-state index contributed by atoms with van der Waals surface area (Å²) >= 11 is 0. The van der Waals surface area contributed by atoms with Crippen LogP contribution in [-0.4, -0.2) is 56.8 Å². The Morgan fingerprint density at radius 1 is 1.03 bits per heavy atom. The molecule has 1 aromatic heterocycles. The smallest absolute Gasteiger partial charge is 0.257 e. The van der Waals surface area contributed by atoms with Crippen LogP contribution in [0.5, 0.6) is 17.2 Å². The molecule has 0 radical (unpaired) electrons. The highest BCUT2D eigenvalue weighted by molar-refractivity contribution is 5.98. The SMILES string of the molecule is COc1cc(OC)c(C(=O)N2CCO[C@@H](c3cc4cc(F)ccc4cn3)C2)cc1OC. The van der Waals surface area contributed by atoms with E-state index in [0.29, 0.717) is 48.2 Å². The third kappa shape index (κ3) is 4.11. The van der Waals surface area contributed by atoms with E-state index in [1.54, 1.807) is 35.4 Å². The summed E-state index contributed by atoms with van der Waals surface area (Å²) in [5, 5.41) is 1.57. The summed E-state index contributed by atoms with van der Waals surface area (Å²) in [6.45, 7) is 1.09. The van der Waals surface area contributed by atoms with Crippen molar-refractivity contribution < 1.29 is 28.1 Å². The number of hydrogen-bond acceptors (Lipinski definition) is 6. The van der Waals surface area contributed by atoms with E-state index in [-0.39, 0.29) is 11.7 Å². The van der Waals surface area contributed by atoms with Crippen molar-refractivity contribution in [3.8, 4) is 17.2 Å². The lowest BCUT2D eigenvalue weighted by molar-refractivity contribution is -0.0247. The van der Waals surface area contributed by atoms with Gasteiger partial charge in [-0.05, 0) is 29.7 Å². The Balaban J connectivity index is 1.61. The number of halogens is 1. The van der Waals surface area contributed by atoms with Crippen molar-refractivity contribution in [2.24, 2.45) is 0 Å². The van der Waals surface area contributed by atoms with Crippen LogP contribution >= 0.6 is 0 Å². The average molecular weight is 426 g/mol. The number of pyridine rings is 1. The fourth-order valence-electron chi connectivity index (χ4n) is 3.68. The van der Waals surface area contributed by atoms with Crippen LogP contribution in [0.25, 0.3) is 10.8 Å². The second-order valence-electron chi connectivity index (χ2n) is 7.12. The Labute approximate surface area is 179 Å². The first-order valence-corrected chi connectivity index (χ1v) is 9.80. The van der Waals surface area contributed by atoms with Crippen molar-refractivity contribution in [1.29, 1.82) is 0 Å². The van der Waals surface area contributed by atoms with Gasteiger partial charge in [0.05, 0.1) is 45.7 Å². The van der Waals surface area contributed by atoms with Crippen LogP contribution in [0, 0.1) is 5.82 Å². The standard InChI is InChI=1S/C23H23FN2O5/c1-28-19-11-21(30-3)20(29-2)10-17(19)23(27)26-6-7-31-22(13-26)18-9-15-8-16(24)5-4-14(15)12-25-18/h4-5,8-12,22H,6-7,13H2,1-3H3/t22-/m1/s1. The molecule has 1 aliphatic heterocycles. The van der Waals surface area contributed by atoms with Crippen LogP contribution in [0.2, 0.25) is 0 Å². The van der Waals surface area contributed by atoms with E-state index in [9.17, 15) is 9.18 Å². The summed E-state index contributed by atoms with van der Waals surface area (Å²) in [6.07, 6.45) is 1.27. The fraction of sp³-hybridized carbons (Fsp3) is 0.304. The molecule has 1 amide bonds. The van der Waals surface area contributed by atoms with Gasteiger partial charge in [0.1, 0.15) is 17.7 Å². The fourth-order valence-corrected chi connectivity index (χ4v) is 3.68. The molecule has 1 aliphatic rings. The Morgan fingerprint density at radius 2 is 1.77 bits per heavy atom. The van der Waals surface area contributed by atoms with Crippen LogP contribution < -0.4 is 14.2 Å². The van der Waals surface area contributed by atoms with Gasteiger partial charge < -0.3 is 23.8 Å². The maximum absolute atomic E-state index is 13.6. The van der Waals surface area contributed by atoms with E-state index >= 15 is 0 Å². The molecular formula is C23H23FN2O5. The van der Waals surface area contributed by atoms with Gasteiger partial charge in [0.2, 0.25) is 0 Å². The summed E-state index contributed by atoms with van der Waals surface area (Å²) < 4.78 is 35.5. The molecule has 0 bridgehead atoms. The van der Waals surface area contributed by atoms with Crippen molar-refractivity contribution in [2.45, 2.75) is 6.10 Å². The number of nitrogens with zero attached hydrogens (tertiary/aromatic N) is 2. The van der Waals surface area contributed by atoms with Crippen molar-refractivity contribution in [2.75, 3.05) is 41.0 Å². The second-order valence-corrected chi connectivity index (χ2v) is 7.12. The summed E-state index contributed by atoms with van der Waals surface area (Å²) in [4.78, 5) is 19.5. The van der Waals surface area contributed by atoms with Crippen LogP contribution in [0.15, 0.2) is 42.6 Å². The maximum atomic E-state index is 13.6. The molecule has 2 aromatic carbocycles. The van der Waals surface area contributed by atoms with Gasteiger partial charge in [-0.15, -0.1) is 0 Å². The number of hydrogen-bond donors (Lipinski definition) is 0. The van der Waals surface area contributed by atoms with Gasteiger partial charge in [-0.3, -0.25) is 9.78 Å². The molecule has 0 aliphatic carbocycles. The van der Waals surface area contributed by atoms with Gasteiger partial charge >= 0.3 is 0 Å². The Morgan fingerprint density at radius 3 is 2.52 bits per heavy atom. The zero-order valence-electron chi connectivity index (χ0n) is 17.6. The Bertz CT molecular complexity index is 1120. The molecular weight excluding hydrogens is 403 g/mol. The first-order valence-electron chi connectivity index (χ1n) is 9.80. The molecule has 0 N–H and O–H groups in total. The van der Waals surface area contributed by atoms with Gasteiger partial charge in [0.15, 0.2) is 11.5 Å². The van der Waals surface area contributed by atoms with Crippen molar-refractivity contribution in [3.05, 3.63) is 59.7 Å². The number of methoxy groups -OCH3 is 3. The van der Waals surface area contributed by atoms with E-state index in [1.165, 1.54) is 33.5 Å². The normalized spacial score (nSPS) is 16.3. The number of ether oxygens (including phenoxy) is 4. The molecule has 162 valence electrons. The number of benzene rings is 2. The lowest BCUT2D eigenvalue weighted by Crippen LogP contribution is -2.42. The monoisotopic (exact) mass is 426 g/mol. The zero-order chi connectivity index (χ0) is 22.0. The molecule has 1 atom stereocenters. The quantitative estimate of drug-likeness (QED) is 0.621.